The highest BCUT2D eigenvalue weighted by molar-refractivity contribution is 5.67. The molecule has 0 aromatic carbocycles. The van der Waals surface area contributed by atoms with Gasteiger partial charge in [-0.05, 0) is 20.9 Å². The van der Waals surface area contributed by atoms with Crippen LogP contribution in [0.1, 0.15) is 20.3 Å². The average Bonchev–Trinajstić information content (AvgIpc) is 2.02. The molecule has 0 fully saturated rings. The lowest BCUT2D eigenvalue weighted by molar-refractivity contribution is -0.138. The van der Waals surface area contributed by atoms with E-state index in [9.17, 15) is 4.79 Å². The number of hydrogen-bond donors (Lipinski definition) is 1. The van der Waals surface area contributed by atoms with Gasteiger partial charge in [0.2, 0.25) is 0 Å². The van der Waals surface area contributed by atoms with Gasteiger partial charge in [-0.1, -0.05) is 0 Å². The predicted molar refractivity (Wildman–Crippen MR) is 50.8 cm³/mol. The van der Waals surface area contributed by atoms with Crippen molar-refractivity contribution in [3.63, 3.8) is 0 Å². The summed E-state index contributed by atoms with van der Waals surface area (Å²) in [5, 5.41) is 8.59. The third-order valence-electron chi connectivity index (χ3n) is 2.27. The Balaban J connectivity index is 3.92. The molecule has 0 saturated carbocycles. The Morgan fingerprint density at radius 2 is 2.00 bits per heavy atom. The third kappa shape index (κ3) is 4.85. The molecular weight excluding hydrogens is 170 g/mol. The van der Waals surface area contributed by atoms with Crippen LogP contribution in [-0.2, 0) is 9.53 Å². The molecule has 0 aliphatic carbocycles. The molecular formula is C9H19NO3. The van der Waals surface area contributed by atoms with Gasteiger partial charge in [0.05, 0.1) is 13.0 Å². The minimum atomic E-state index is -0.760. The van der Waals surface area contributed by atoms with E-state index in [0.717, 1.165) is 0 Å². The Morgan fingerprint density at radius 3 is 2.38 bits per heavy atom. The molecule has 0 aliphatic rings. The number of ether oxygens (including phenoxy) is 1. The maximum Gasteiger partial charge on any atom is 0.304 e. The lowest BCUT2D eigenvalue weighted by atomic mass is 10.2. The standard InChI is InChI=1S/C9H19NO3/c1-7(5-9(11)12)10(3)8(2)6-13-4/h7-8H,5-6H2,1-4H3,(H,11,12). The first-order valence-electron chi connectivity index (χ1n) is 4.41. The maximum atomic E-state index is 10.4. The van der Waals surface area contributed by atoms with Crippen molar-refractivity contribution in [1.82, 2.24) is 4.90 Å². The van der Waals surface area contributed by atoms with Gasteiger partial charge in [0.15, 0.2) is 0 Å². The van der Waals surface area contributed by atoms with Gasteiger partial charge < -0.3 is 9.84 Å². The van der Waals surface area contributed by atoms with E-state index in [1.54, 1.807) is 7.11 Å². The van der Waals surface area contributed by atoms with Crippen molar-refractivity contribution in [2.24, 2.45) is 0 Å². The summed E-state index contributed by atoms with van der Waals surface area (Å²) in [4.78, 5) is 12.4. The van der Waals surface area contributed by atoms with E-state index < -0.39 is 5.97 Å². The molecule has 0 aromatic heterocycles. The van der Waals surface area contributed by atoms with E-state index in [1.165, 1.54) is 0 Å². The quantitative estimate of drug-likeness (QED) is 0.672. The highest BCUT2D eigenvalue weighted by Crippen LogP contribution is 2.06. The number of carboxylic acids is 1. The summed E-state index contributed by atoms with van der Waals surface area (Å²) in [5.41, 5.74) is 0. The molecule has 4 heteroatoms. The molecule has 0 aliphatic heterocycles. The van der Waals surface area contributed by atoms with E-state index in [0.29, 0.717) is 6.61 Å². The molecule has 0 amide bonds. The topological polar surface area (TPSA) is 49.8 Å². The number of hydrogen-bond acceptors (Lipinski definition) is 3. The summed E-state index contributed by atoms with van der Waals surface area (Å²) in [6.45, 7) is 4.54. The number of likely N-dealkylation sites (N-methyl/N-ethyl adjacent to an activating group) is 1. The number of carbonyl (C=O) groups is 1. The highest BCUT2D eigenvalue weighted by Gasteiger charge is 2.17. The fourth-order valence-electron chi connectivity index (χ4n) is 1.19. The average molecular weight is 189 g/mol. The van der Waals surface area contributed by atoms with Crippen LogP contribution in [0.25, 0.3) is 0 Å². The predicted octanol–water partition coefficient (Wildman–Crippen LogP) is 0.816. The normalized spacial score (nSPS) is 15.8. The van der Waals surface area contributed by atoms with Crippen molar-refractivity contribution >= 4 is 5.97 Å². The molecule has 0 bridgehead atoms. The number of carboxylic acid groups (broad SMARTS) is 1. The zero-order valence-corrected chi connectivity index (χ0v) is 8.78. The first-order valence-corrected chi connectivity index (χ1v) is 4.41. The van der Waals surface area contributed by atoms with E-state index in [-0.39, 0.29) is 18.5 Å². The maximum absolute atomic E-state index is 10.4. The number of methoxy groups -OCH3 is 1. The smallest absolute Gasteiger partial charge is 0.304 e. The fourth-order valence-corrected chi connectivity index (χ4v) is 1.19. The number of aliphatic carboxylic acids is 1. The summed E-state index contributed by atoms with van der Waals surface area (Å²) in [5.74, 6) is -0.760. The Morgan fingerprint density at radius 1 is 1.46 bits per heavy atom. The van der Waals surface area contributed by atoms with E-state index in [1.807, 2.05) is 25.8 Å². The molecule has 78 valence electrons. The van der Waals surface area contributed by atoms with Crippen molar-refractivity contribution < 1.29 is 14.6 Å². The zero-order chi connectivity index (χ0) is 10.4. The summed E-state index contributed by atoms with van der Waals surface area (Å²) in [6, 6.07) is 0.294. The lowest BCUT2D eigenvalue weighted by Gasteiger charge is -2.29. The monoisotopic (exact) mass is 189 g/mol. The molecule has 2 atom stereocenters. The van der Waals surface area contributed by atoms with Crippen LogP contribution in [0.4, 0.5) is 0 Å². The molecule has 0 heterocycles. The second-order valence-electron chi connectivity index (χ2n) is 3.42. The van der Waals surface area contributed by atoms with Gasteiger partial charge in [-0.15, -0.1) is 0 Å². The Hall–Kier alpha value is -0.610. The highest BCUT2D eigenvalue weighted by atomic mass is 16.5. The van der Waals surface area contributed by atoms with Crippen molar-refractivity contribution in [1.29, 1.82) is 0 Å². The third-order valence-corrected chi connectivity index (χ3v) is 2.27. The Labute approximate surface area is 79.5 Å². The van der Waals surface area contributed by atoms with Gasteiger partial charge in [0.25, 0.3) is 0 Å². The van der Waals surface area contributed by atoms with Crippen molar-refractivity contribution in [3.05, 3.63) is 0 Å². The van der Waals surface area contributed by atoms with Crippen LogP contribution < -0.4 is 0 Å². The molecule has 0 rings (SSSR count). The minimum absolute atomic E-state index is 0.0441. The van der Waals surface area contributed by atoms with Gasteiger partial charge in [0.1, 0.15) is 0 Å². The van der Waals surface area contributed by atoms with Crippen LogP contribution in [0.2, 0.25) is 0 Å². The van der Waals surface area contributed by atoms with Crippen molar-refractivity contribution in [3.8, 4) is 0 Å². The van der Waals surface area contributed by atoms with Gasteiger partial charge in [-0.3, -0.25) is 9.69 Å². The van der Waals surface area contributed by atoms with Crippen molar-refractivity contribution in [2.75, 3.05) is 20.8 Å². The molecule has 0 radical (unpaired) electrons. The molecule has 13 heavy (non-hydrogen) atoms. The van der Waals surface area contributed by atoms with Crippen LogP contribution >= 0.6 is 0 Å². The molecule has 0 saturated heterocycles. The van der Waals surface area contributed by atoms with Crippen LogP contribution in [0, 0.1) is 0 Å². The van der Waals surface area contributed by atoms with Gasteiger partial charge in [-0.25, -0.2) is 0 Å². The zero-order valence-electron chi connectivity index (χ0n) is 8.78. The number of rotatable bonds is 6. The Kier molecular flexibility index (Phi) is 5.66. The molecule has 0 aromatic rings. The minimum Gasteiger partial charge on any atom is -0.481 e. The SMILES string of the molecule is COCC(C)N(C)C(C)CC(=O)O. The Bertz CT molecular complexity index is 161. The summed E-state index contributed by atoms with van der Waals surface area (Å²) in [6.07, 6.45) is 0.171. The summed E-state index contributed by atoms with van der Waals surface area (Å²) in [7, 11) is 3.56. The summed E-state index contributed by atoms with van der Waals surface area (Å²) >= 11 is 0. The molecule has 0 spiro atoms. The van der Waals surface area contributed by atoms with Crippen LogP contribution in [0.5, 0.6) is 0 Å². The molecule has 1 N–H and O–H groups in total. The van der Waals surface area contributed by atoms with E-state index >= 15 is 0 Å². The second kappa shape index (κ2) is 5.94. The second-order valence-corrected chi connectivity index (χ2v) is 3.42. The lowest BCUT2D eigenvalue weighted by Crippen LogP contribution is -2.40. The van der Waals surface area contributed by atoms with Gasteiger partial charge in [-0.2, -0.15) is 0 Å². The van der Waals surface area contributed by atoms with E-state index in [2.05, 4.69) is 0 Å². The fraction of sp³-hybridized carbons (Fsp3) is 0.889. The number of nitrogens with zero attached hydrogens (tertiary/aromatic N) is 1. The van der Waals surface area contributed by atoms with Crippen LogP contribution in [0.15, 0.2) is 0 Å². The van der Waals surface area contributed by atoms with Crippen molar-refractivity contribution in [2.45, 2.75) is 32.4 Å². The first kappa shape index (κ1) is 12.4. The van der Waals surface area contributed by atoms with E-state index in [4.69, 9.17) is 9.84 Å². The van der Waals surface area contributed by atoms with Crippen LogP contribution in [-0.4, -0.2) is 48.8 Å². The van der Waals surface area contributed by atoms with Gasteiger partial charge >= 0.3 is 5.97 Å². The van der Waals surface area contributed by atoms with Crippen LogP contribution in [0.3, 0.4) is 0 Å². The molecule has 2 unspecified atom stereocenters. The molecule has 4 nitrogen and oxygen atoms in total. The largest absolute Gasteiger partial charge is 0.481 e. The first-order chi connectivity index (χ1) is 5.99. The summed E-state index contributed by atoms with van der Waals surface area (Å²) < 4.78 is 4.99. The van der Waals surface area contributed by atoms with Gasteiger partial charge in [0, 0.05) is 19.2 Å².